The Bertz CT molecular complexity index is 807. The van der Waals surface area contributed by atoms with E-state index in [9.17, 15) is 9.59 Å². The van der Waals surface area contributed by atoms with Crippen molar-refractivity contribution >= 4 is 11.8 Å². The molecule has 2 aromatic rings. The molecular formula is C21H26N4O2. The Hall–Kier alpha value is -2.63. The van der Waals surface area contributed by atoms with Crippen LogP contribution in [0.3, 0.4) is 0 Å². The predicted molar refractivity (Wildman–Crippen MR) is 102 cm³/mol. The normalized spacial score (nSPS) is 18.1. The van der Waals surface area contributed by atoms with Gasteiger partial charge in [0.05, 0.1) is 0 Å². The summed E-state index contributed by atoms with van der Waals surface area (Å²) in [5.74, 6) is 0.0908. The van der Waals surface area contributed by atoms with Gasteiger partial charge in [0.15, 0.2) is 5.82 Å². The van der Waals surface area contributed by atoms with Gasteiger partial charge in [-0.3, -0.25) is 9.59 Å². The van der Waals surface area contributed by atoms with E-state index in [0.717, 1.165) is 31.2 Å². The van der Waals surface area contributed by atoms with Crippen molar-refractivity contribution < 1.29 is 9.59 Å². The molecule has 6 heteroatoms. The molecule has 0 unspecified atom stereocenters. The molecule has 2 heterocycles. The second-order valence-corrected chi connectivity index (χ2v) is 7.52. The number of amides is 2. The molecule has 1 aromatic heterocycles. The molecule has 1 saturated carbocycles. The minimum atomic E-state index is -0.161. The van der Waals surface area contributed by atoms with Crippen molar-refractivity contribution in [1.29, 1.82) is 0 Å². The average molecular weight is 366 g/mol. The van der Waals surface area contributed by atoms with Crippen molar-refractivity contribution in [2.45, 2.75) is 57.7 Å². The molecule has 0 bridgehead atoms. The van der Waals surface area contributed by atoms with Gasteiger partial charge in [0.2, 0.25) is 0 Å². The van der Waals surface area contributed by atoms with Gasteiger partial charge in [-0.25, -0.2) is 4.98 Å². The molecule has 6 nitrogen and oxygen atoms in total. The third-order valence-corrected chi connectivity index (χ3v) is 5.51. The van der Waals surface area contributed by atoms with E-state index in [1.807, 2.05) is 34.9 Å². The first-order valence-electron chi connectivity index (χ1n) is 9.92. The van der Waals surface area contributed by atoms with E-state index in [0.29, 0.717) is 31.2 Å². The van der Waals surface area contributed by atoms with Gasteiger partial charge >= 0.3 is 0 Å². The Morgan fingerprint density at radius 1 is 1.07 bits per heavy atom. The maximum Gasteiger partial charge on any atom is 0.290 e. The van der Waals surface area contributed by atoms with Gasteiger partial charge in [-0.2, -0.15) is 0 Å². The topological polar surface area (TPSA) is 67.2 Å². The molecule has 2 aliphatic rings. The number of rotatable bonds is 4. The number of carbonyl (C=O) groups is 2. The fraction of sp³-hybridized carbons (Fsp3) is 0.476. The minimum Gasteiger partial charge on any atom is -0.348 e. The van der Waals surface area contributed by atoms with Crippen LogP contribution in [-0.2, 0) is 13.1 Å². The first kappa shape index (κ1) is 17.8. The smallest absolute Gasteiger partial charge is 0.290 e. The molecular weight excluding hydrogens is 340 g/mol. The Morgan fingerprint density at radius 3 is 2.56 bits per heavy atom. The summed E-state index contributed by atoms with van der Waals surface area (Å²) in [6.07, 6.45) is 8.61. The van der Waals surface area contributed by atoms with E-state index >= 15 is 0 Å². The zero-order valence-corrected chi connectivity index (χ0v) is 15.6. The maximum atomic E-state index is 12.8. The first-order valence-corrected chi connectivity index (χ1v) is 9.92. The Morgan fingerprint density at radius 2 is 1.81 bits per heavy atom. The second kappa shape index (κ2) is 7.94. The molecule has 27 heavy (non-hydrogen) atoms. The average Bonchev–Trinajstić information content (AvgIpc) is 2.97. The molecule has 4 rings (SSSR count). The van der Waals surface area contributed by atoms with E-state index in [4.69, 9.17) is 0 Å². The van der Waals surface area contributed by atoms with E-state index < -0.39 is 0 Å². The molecule has 0 radical (unpaired) electrons. The molecule has 1 fully saturated rings. The monoisotopic (exact) mass is 366 g/mol. The fourth-order valence-electron chi connectivity index (χ4n) is 3.98. The van der Waals surface area contributed by atoms with Gasteiger partial charge in [-0.15, -0.1) is 0 Å². The number of aromatic nitrogens is 2. The molecule has 1 N–H and O–H groups in total. The lowest BCUT2D eigenvalue weighted by Crippen LogP contribution is -2.39. The standard InChI is InChI=1S/C21H26N4O2/c26-20(22-17-10-6-1-2-7-11-17)18-15-24-12-13-25(21(27)19(24)23-18)14-16-8-4-3-5-9-16/h3-5,8-9,15,17H,1-2,6-7,10-14H2,(H,22,26). The summed E-state index contributed by atoms with van der Waals surface area (Å²) in [7, 11) is 0. The quantitative estimate of drug-likeness (QED) is 0.846. The van der Waals surface area contributed by atoms with E-state index in [2.05, 4.69) is 10.3 Å². The van der Waals surface area contributed by atoms with Crippen molar-refractivity contribution in [2.75, 3.05) is 6.54 Å². The van der Waals surface area contributed by atoms with Crippen LogP contribution in [0, 0.1) is 0 Å². The molecule has 1 aromatic carbocycles. The lowest BCUT2D eigenvalue weighted by atomic mass is 10.1. The van der Waals surface area contributed by atoms with E-state index in [1.54, 1.807) is 11.1 Å². The Balaban J connectivity index is 1.44. The van der Waals surface area contributed by atoms with Crippen molar-refractivity contribution in [1.82, 2.24) is 19.8 Å². The molecule has 0 saturated heterocycles. The third-order valence-electron chi connectivity index (χ3n) is 5.51. The summed E-state index contributed by atoms with van der Waals surface area (Å²) >= 11 is 0. The SMILES string of the molecule is O=C(NC1CCCCCC1)c1cn2c(n1)C(=O)N(Cc1ccccc1)CC2. The summed E-state index contributed by atoms with van der Waals surface area (Å²) in [6.45, 7) is 1.86. The molecule has 1 aliphatic heterocycles. The third kappa shape index (κ3) is 4.04. The van der Waals surface area contributed by atoms with E-state index in [1.165, 1.54) is 12.8 Å². The van der Waals surface area contributed by atoms with Gasteiger partial charge in [-0.05, 0) is 18.4 Å². The van der Waals surface area contributed by atoms with Crippen LogP contribution in [0.25, 0.3) is 0 Å². The number of nitrogens with zero attached hydrogens (tertiary/aromatic N) is 3. The number of hydrogen-bond acceptors (Lipinski definition) is 3. The number of imidazole rings is 1. The number of nitrogens with one attached hydrogen (secondary N) is 1. The lowest BCUT2D eigenvalue weighted by molar-refractivity contribution is 0.0683. The van der Waals surface area contributed by atoms with Gasteiger partial charge in [-0.1, -0.05) is 56.0 Å². The van der Waals surface area contributed by atoms with Crippen molar-refractivity contribution in [3.8, 4) is 0 Å². The van der Waals surface area contributed by atoms with Crippen LogP contribution < -0.4 is 5.32 Å². The fourth-order valence-corrected chi connectivity index (χ4v) is 3.98. The molecule has 142 valence electrons. The highest BCUT2D eigenvalue weighted by Gasteiger charge is 2.28. The zero-order valence-electron chi connectivity index (χ0n) is 15.6. The molecule has 2 amide bonds. The number of carbonyl (C=O) groups excluding carboxylic acids is 2. The van der Waals surface area contributed by atoms with Crippen LogP contribution in [0.1, 0.15) is 65.2 Å². The number of fused-ring (bicyclic) bond motifs is 1. The minimum absolute atomic E-state index is 0.112. The Kier molecular flexibility index (Phi) is 5.23. The van der Waals surface area contributed by atoms with Gasteiger partial charge < -0.3 is 14.8 Å². The lowest BCUT2D eigenvalue weighted by Gasteiger charge is -2.27. The van der Waals surface area contributed by atoms with Crippen LogP contribution in [0.2, 0.25) is 0 Å². The van der Waals surface area contributed by atoms with Crippen LogP contribution >= 0.6 is 0 Å². The van der Waals surface area contributed by atoms with Gasteiger partial charge in [0.1, 0.15) is 5.69 Å². The first-order chi connectivity index (χ1) is 13.2. The highest BCUT2D eigenvalue weighted by atomic mass is 16.2. The van der Waals surface area contributed by atoms with Crippen LogP contribution in [0.15, 0.2) is 36.5 Å². The summed E-state index contributed by atoms with van der Waals surface area (Å²) in [5, 5.41) is 3.11. The molecule has 0 atom stereocenters. The Labute approximate surface area is 159 Å². The zero-order chi connectivity index (χ0) is 18.6. The summed E-state index contributed by atoms with van der Waals surface area (Å²) in [6, 6.07) is 10.2. The summed E-state index contributed by atoms with van der Waals surface area (Å²) < 4.78 is 1.81. The second-order valence-electron chi connectivity index (χ2n) is 7.52. The van der Waals surface area contributed by atoms with Crippen LogP contribution in [0.5, 0.6) is 0 Å². The number of benzene rings is 1. The van der Waals surface area contributed by atoms with Gasteiger partial charge in [0, 0.05) is 31.9 Å². The van der Waals surface area contributed by atoms with Crippen LogP contribution in [-0.4, -0.2) is 38.9 Å². The highest BCUT2D eigenvalue weighted by molar-refractivity contribution is 5.96. The highest BCUT2D eigenvalue weighted by Crippen LogP contribution is 2.19. The van der Waals surface area contributed by atoms with Crippen molar-refractivity contribution in [2.24, 2.45) is 0 Å². The van der Waals surface area contributed by atoms with Crippen LogP contribution in [0.4, 0.5) is 0 Å². The largest absolute Gasteiger partial charge is 0.348 e. The van der Waals surface area contributed by atoms with Crippen molar-refractivity contribution in [3.05, 3.63) is 53.6 Å². The van der Waals surface area contributed by atoms with E-state index in [-0.39, 0.29) is 17.9 Å². The van der Waals surface area contributed by atoms with Crippen molar-refractivity contribution in [3.63, 3.8) is 0 Å². The van der Waals surface area contributed by atoms with Gasteiger partial charge in [0.25, 0.3) is 11.8 Å². The number of hydrogen-bond donors (Lipinski definition) is 1. The molecule has 0 spiro atoms. The molecule has 1 aliphatic carbocycles. The predicted octanol–water partition coefficient (Wildman–Crippen LogP) is 2.99. The summed E-state index contributed by atoms with van der Waals surface area (Å²) in [4.78, 5) is 31.6. The summed E-state index contributed by atoms with van der Waals surface area (Å²) in [5.41, 5.74) is 1.45. The maximum absolute atomic E-state index is 12.8.